The normalized spacial score (nSPS) is 12.9. The molecule has 3 aromatic carbocycles. The standard InChI is InChI=1S/C25H26N2O5/c1-30-22-5-3-2-4-21(22)20(18-8-11-23-24(14-18)32-16-31-23)12-13-26-15-17-6-9-19(10-7-17)27-25(28)29/h2-11,14,20,26-27H,12-13,15-16H2,1H3,(H,28,29). The summed E-state index contributed by atoms with van der Waals surface area (Å²) in [7, 11) is 1.69. The van der Waals surface area contributed by atoms with Crippen LogP contribution in [0.4, 0.5) is 10.5 Å². The number of rotatable bonds is 9. The Hall–Kier alpha value is -3.71. The van der Waals surface area contributed by atoms with Crippen molar-refractivity contribution in [2.24, 2.45) is 0 Å². The number of carbonyl (C=O) groups is 1. The van der Waals surface area contributed by atoms with Crippen molar-refractivity contribution in [3.63, 3.8) is 0 Å². The molecule has 1 heterocycles. The molecule has 3 N–H and O–H groups in total. The van der Waals surface area contributed by atoms with Crippen molar-refractivity contribution < 1.29 is 24.1 Å². The number of methoxy groups -OCH3 is 1. The fourth-order valence-electron chi connectivity index (χ4n) is 3.89. The predicted molar refractivity (Wildman–Crippen MR) is 122 cm³/mol. The maximum absolute atomic E-state index is 10.7. The van der Waals surface area contributed by atoms with Crippen molar-refractivity contribution >= 4 is 11.8 Å². The number of anilines is 1. The Morgan fingerprint density at radius 3 is 2.62 bits per heavy atom. The second-order valence-electron chi connectivity index (χ2n) is 7.50. The Morgan fingerprint density at radius 1 is 1.06 bits per heavy atom. The van der Waals surface area contributed by atoms with Crippen LogP contribution in [0.5, 0.6) is 17.2 Å². The first kappa shape index (κ1) is 21.5. The van der Waals surface area contributed by atoms with Crippen molar-refractivity contribution in [2.45, 2.75) is 18.9 Å². The third kappa shape index (κ3) is 5.12. The summed E-state index contributed by atoms with van der Waals surface area (Å²) in [6.45, 7) is 1.72. The molecule has 0 aromatic heterocycles. The zero-order chi connectivity index (χ0) is 22.3. The van der Waals surface area contributed by atoms with Gasteiger partial charge in [-0.15, -0.1) is 0 Å². The van der Waals surface area contributed by atoms with Gasteiger partial charge in [0.25, 0.3) is 0 Å². The summed E-state index contributed by atoms with van der Waals surface area (Å²) < 4.78 is 16.7. The highest BCUT2D eigenvalue weighted by atomic mass is 16.7. The third-order valence-corrected chi connectivity index (χ3v) is 5.46. The van der Waals surface area contributed by atoms with Crippen LogP contribution in [0, 0.1) is 0 Å². The molecule has 7 heteroatoms. The van der Waals surface area contributed by atoms with E-state index >= 15 is 0 Å². The molecule has 0 fully saturated rings. The van der Waals surface area contributed by atoms with E-state index in [2.05, 4.69) is 22.8 Å². The predicted octanol–water partition coefficient (Wildman–Crippen LogP) is 4.83. The van der Waals surface area contributed by atoms with Gasteiger partial charge in [0.15, 0.2) is 11.5 Å². The highest BCUT2D eigenvalue weighted by molar-refractivity contribution is 5.82. The number of amides is 1. The summed E-state index contributed by atoms with van der Waals surface area (Å²) in [5.74, 6) is 2.52. The van der Waals surface area contributed by atoms with E-state index in [1.54, 1.807) is 19.2 Å². The summed E-state index contributed by atoms with van der Waals surface area (Å²) in [6.07, 6.45) is -0.208. The van der Waals surface area contributed by atoms with Gasteiger partial charge in [-0.2, -0.15) is 0 Å². The van der Waals surface area contributed by atoms with E-state index in [0.717, 1.165) is 46.9 Å². The molecule has 4 rings (SSSR count). The first-order valence-corrected chi connectivity index (χ1v) is 10.5. The lowest BCUT2D eigenvalue weighted by Gasteiger charge is -2.21. The molecule has 1 aliphatic heterocycles. The average molecular weight is 434 g/mol. The number of para-hydroxylation sites is 1. The van der Waals surface area contributed by atoms with Crippen molar-refractivity contribution in [2.75, 3.05) is 25.8 Å². The van der Waals surface area contributed by atoms with E-state index in [-0.39, 0.29) is 12.7 Å². The van der Waals surface area contributed by atoms with Crippen LogP contribution >= 0.6 is 0 Å². The van der Waals surface area contributed by atoms with Gasteiger partial charge in [0, 0.05) is 23.7 Å². The molecule has 0 saturated heterocycles. The van der Waals surface area contributed by atoms with Crippen LogP contribution in [0.3, 0.4) is 0 Å². The third-order valence-electron chi connectivity index (χ3n) is 5.46. The van der Waals surface area contributed by atoms with E-state index in [1.165, 1.54) is 0 Å². The molecular weight excluding hydrogens is 408 g/mol. The van der Waals surface area contributed by atoms with Crippen LogP contribution < -0.4 is 24.8 Å². The fourth-order valence-corrected chi connectivity index (χ4v) is 3.89. The Kier molecular flexibility index (Phi) is 6.77. The Morgan fingerprint density at radius 2 is 1.84 bits per heavy atom. The number of nitrogens with one attached hydrogen (secondary N) is 2. The maximum Gasteiger partial charge on any atom is 0.409 e. The van der Waals surface area contributed by atoms with Crippen LogP contribution in [0.25, 0.3) is 0 Å². The first-order valence-electron chi connectivity index (χ1n) is 10.5. The minimum Gasteiger partial charge on any atom is -0.496 e. The molecule has 0 saturated carbocycles. The van der Waals surface area contributed by atoms with E-state index in [9.17, 15) is 4.79 Å². The highest BCUT2D eigenvalue weighted by Gasteiger charge is 2.21. The number of carboxylic acid groups (broad SMARTS) is 1. The van der Waals surface area contributed by atoms with Gasteiger partial charge in [0.05, 0.1) is 7.11 Å². The van der Waals surface area contributed by atoms with Gasteiger partial charge in [0.1, 0.15) is 5.75 Å². The summed E-state index contributed by atoms with van der Waals surface area (Å²) in [4.78, 5) is 10.7. The molecule has 0 spiro atoms. The molecule has 0 radical (unpaired) electrons. The van der Waals surface area contributed by atoms with E-state index in [1.807, 2.05) is 42.5 Å². The summed E-state index contributed by atoms with van der Waals surface area (Å²) in [5.41, 5.74) is 3.91. The van der Waals surface area contributed by atoms with Gasteiger partial charge < -0.3 is 24.6 Å². The zero-order valence-corrected chi connectivity index (χ0v) is 17.8. The second-order valence-corrected chi connectivity index (χ2v) is 7.50. The molecule has 1 atom stereocenters. The molecule has 7 nitrogen and oxygen atoms in total. The molecule has 166 valence electrons. The van der Waals surface area contributed by atoms with Crippen LogP contribution in [-0.4, -0.2) is 31.6 Å². The average Bonchev–Trinajstić information content (AvgIpc) is 3.28. The van der Waals surface area contributed by atoms with E-state index in [4.69, 9.17) is 19.3 Å². The van der Waals surface area contributed by atoms with Crippen LogP contribution in [-0.2, 0) is 6.54 Å². The summed E-state index contributed by atoms with van der Waals surface area (Å²) in [6, 6.07) is 21.5. The smallest absolute Gasteiger partial charge is 0.409 e. The Balaban J connectivity index is 1.44. The quantitative estimate of drug-likeness (QED) is 0.418. The number of ether oxygens (including phenoxy) is 3. The lowest BCUT2D eigenvalue weighted by atomic mass is 9.87. The minimum atomic E-state index is -1.07. The van der Waals surface area contributed by atoms with Crippen LogP contribution in [0.1, 0.15) is 29.0 Å². The largest absolute Gasteiger partial charge is 0.496 e. The molecule has 1 aliphatic rings. The molecule has 0 aliphatic carbocycles. The Bertz CT molecular complexity index is 1070. The van der Waals surface area contributed by atoms with Crippen LogP contribution in [0.15, 0.2) is 66.7 Å². The lowest BCUT2D eigenvalue weighted by molar-refractivity contribution is 0.174. The van der Waals surface area contributed by atoms with E-state index in [0.29, 0.717) is 12.2 Å². The van der Waals surface area contributed by atoms with Gasteiger partial charge in [0.2, 0.25) is 6.79 Å². The van der Waals surface area contributed by atoms with Crippen molar-refractivity contribution in [1.82, 2.24) is 5.32 Å². The maximum atomic E-state index is 10.7. The molecule has 1 unspecified atom stereocenters. The highest BCUT2D eigenvalue weighted by Crippen LogP contribution is 2.39. The minimum absolute atomic E-state index is 0.121. The SMILES string of the molecule is COc1ccccc1C(CCNCc1ccc(NC(=O)O)cc1)c1ccc2c(c1)OCO2. The first-order chi connectivity index (χ1) is 15.6. The molecular formula is C25H26N2O5. The van der Waals surface area contributed by atoms with Crippen molar-refractivity contribution in [3.05, 3.63) is 83.4 Å². The number of hydrogen-bond acceptors (Lipinski definition) is 5. The van der Waals surface area contributed by atoms with Gasteiger partial charge in [-0.25, -0.2) is 4.79 Å². The van der Waals surface area contributed by atoms with Gasteiger partial charge in [-0.05, 0) is 54.4 Å². The second kappa shape index (κ2) is 10.1. The number of benzene rings is 3. The lowest BCUT2D eigenvalue weighted by Crippen LogP contribution is -2.18. The van der Waals surface area contributed by atoms with Gasteiger partial charge in [-0.3, -0.25) is 5.32 Å². The molecule has 3 aromatic rings. The number of fused-ring (bicyclic) bond motifs is 1. The molecule has 32 heavy (non-hydrogen) atoms. The van der Waals surface area contributed by atoms with Gasteiger partial charge >= 0.3 is 6.09 Å². The fraction of sp³-hybridized carbons (Fsp3) is 0.240. The topological polar surface area (TPSA) is 89.1 Å². The van der Waals surface area contributed by atoms with Crippen molar-refractivity contribution in [3.8, 4) is 17.2 Å². The monoisotopic (exact) mass is 434 g/mol. The summed E-state index contributed by atoms with van der Waals surface area (Å²) >= 11 is 0. The zero-order valence-electron chi connectivity index (χ0n) is 17.8. The summed E-state index contributed by atoms with van der Waals surface area (Å²) in [5, 5.41) is 14.6. The van der Waals surface area contributed by atoms with Gasteiger partial charge in [-0.1, -0.05) is 36.4 Å². The van der Waals surface area contributed by atoms with Crippen molar-refractivity contribution in [1.29, 1.82) is 0 Å². The molecule has 1 amide bonds. The van der Waals surface area contributed by atoms with E-state index < -0.39 is 6.09 Å². The Labute approximate surface area is 186 Å². The number of hydrogen-bond donors (Lipinski definition) is 3. The van der Waals surface area contributed by atoms with Crippen LogP contribution in [0.2, 0.25) is 0 Å². The molecule has 0 bridgehead atoms.